The average molecular weight is 285 g/mol. The van der Waals surface area contributed by atoms with Gasteiger partial charge in [0.2, 0.25) is 0 Å². The smallest absolute Gasteiger partial charge is 0.161 e. The third-order valence-electron chi connectivity index (χ3n) is 3.84. The van der Waals surface area contributed by atoms with Gasteiger partial charge in [0.15, 0.2) is 11.5 Å². The van der Waals surface area contributed by atoms with E-state index >= 15 is 0 Å². The summed E-state index contributed by atoms with van der Waals surface area (Å²) in [5.41, 5.74) is 1.02. The largest absolute Gasteiger partial charge is 0.490 e. The second-order valence-electron chi connectivity index (χ2n) is 5.63. The van der Waals surface area contributed by atoms with Gasteiger partial charge in [0, 0.05) is 18.0 Å². The van der Waals surface area contributed by atoms with Gasteiger partial charge in [0.1, 0.15) is 11.5 Å². The summed E-state index contributed by atoms with van der Waals surface area (Å²) in [6.07, 6.45) is 3.49. The lowest BCUT2D eigenvalue weighted by Gasteiger charge is -2.08. The zero-order valence-electron chi connectivity index (χ0n) is 11.9. The van der Waals surface area contributed by atoms with Gasteiger partial charge in [-0.2, -0.15) is 0 Å². The van der Waals surface area contributed by atoms with Crippen LogP contribution in [0.3, 0.4) is 0 Å². The van der Waals surface area contributed by atoms with Crippen molar-refractivity contribution < 1.29 is 13.9 Å². The highest BCUT2D eigenvalue weighted by molar-refractivity contribution is 5.63. The first-order valence-electron chi connectivity index (χ1n) is 7.60. The molecule has 0 radical (unpaired) electrons. The normalized spacial score (nSPS) is 17.5. The molecule has 0 unspecified atom stereocenters. The molecule has 1 saturated carbocycles. The van der Waals surface area contributed by atoms with E-state index < -0.39 is 0 Å². The lowest BCUT2D eigenvalue weighted by atomic mass is 10.1. The predicted octanol–water partition coefficient (Wildman–Crippen LogP) is 3.36. The molecule has 0 spiro atoms. The van der Waals surface area contributed by atoms with E-state index in [1.54, 1.807) is 0 Å². The molecule has 1 N–H and O–H groups in total. The monoisotopic (exact) mass is 285 g/mol. The van der Waals surface area contributed by atoms with E-state index in [1.165, 1.54) is 12.8 Å². The molecule has 1 aliphatic heterocycles. The quantitative estimate of drug-likeness (QED) is 0.935. The maximum absolute atomic E-state index is 5.91. The van der Waals surface area contributed by atoms with Crippen molar-refractivity contribution in [2.45, 2.75) is 31.8 Å². The summed E-state index contributed by atoms with van der Waals surface area (Å²) in [6.45, 7) is 2.21. The van der Waals surface area contributed by atoms with Gasteiger partial charge in [-0.05, 0) is 43.2 Å². The topological polar surface area (TPSA) is 43.6 Å². The minimum Gasteiger partial charge on any atom is -0.490 e. The summed E-state index contributed by atoms with van der Waals surface area (Å²) in [5, 5.41) is 3.46. The number of rotatable bonds is 4. The molecule has 0 bridgehead atoms. The van der Waals surface area contributed by atoms with Crippen molar-refractivity contribution in [2.75, 3.05) is 13.2 Å². The van der Waals surface area contributed by atoms with Crippen molar-refractivity contribution in [3.05, 3.63) is 36.1 Å². The third-order valence-corrected chi connectivity index (χ3v) is 3.84. The summed E-state index contributed by atoms with van der Waals surface area (Å²) in [6, 6.07) is 10.7. The number of furan rings is 1. The van der Waals surface area contributed by atoms with E-state index in [0.29, 0.717) is 19.3 Å². The van der Waals surface area contributed by atoms with Gasteiger partial charge in [-0.15, -0.1) is 0 Å². The van der Waals surface area contributed by atoms with Crippen molar-refractivity contribution in [2.24, 2.45) is 0 Å². The van der Waals surface area contributed by atoms with Crippen molar-refractivity contribution in [3.63, 3.8) is 0 Å². The Balaban J connectivity index is 1.53. The molecule has 0 atom stereocenters. The molecule has 0 saturated heterocycles. The summed E-state index contributed by atoms with van der Waals surface area (Å²) in [7, 11) is 0. The standard InChI is InChI=1S/C17H19NO3/c1-8-19-16-6-2-12(10-17(16)20-9-1)15-7-5-14(21-15)11-18-13-3-4-13/h2,5-7,10,13,18H,1,3-4,8-9,11H2. The number of benzene rings is 1. The molecule has 4 heteroatoms. The Bertz CT molecular complexity index is 631. The van der Waals surface area contributed by atoms with Crippen LogP contribution in [0, 0.1) is 0 Å². The maximum Gasteiger partial charge on any atom is 0.161 e. The van der Waals surface area contributed by atoms with Crippen LogP contribution in [0.25, 0.3) is 11.3 Å². The highest BCUT2D eigenvalue weighted by Crippen LogP contribution is 2.34. The second kappa shape index (κ2) is 5.45. The van der Waals surface area contributed by atoms with E-state index in [4.69, 9.17) is 13.9 Å². The van der Waals surface area contributed by atoms with E-state index in [2.05, 4.69) is 5.32 Å². The molecule has 1 aliphatic carbocycles. The Labute approximate surface area is 124 Å². The highest BCUT2D eigenvalue weighted by atomic mass is 16.5. The maximum atomic E-state index is 5.91. The number of hydrogen-bond donors (Lipinski definition) is 1. The molecule has 110 valence electrons. The average Bonchev–Trinajstić information content (AvgIpc) is 3.27. The van der Waals surface area contributed by atoms with Crippen LogP contribution in [0.1, 0.15) is 25.0 Å². The Kier molecular flexibility index (Phi) is 3.31. The minimum absolute atomic E-state index is 0.691. The van der Waals surface area contributed by atoms with E-state index in [9.17, 15) is 0 Å². The van der Waals surface area contributed by atoms with Crippen LogP contribution < -0.4 is 14.8 Å². The molecule has 4 rings (SSSR count). The molecule has 1 aromatic heterocycles. The summed E-state index contributed by atoms with van der Waals surface area (Å²) in [5.74, 6) is 3.47. The molecule has 2 aromatic rings. The van der Waals surface area contributed by atoms with Crippen LogP contribution in [0.4, 0.5) is 0 Å². The molecular formula is C17H19NO3. The molecule has 1 aromatic carbocycles. The van der Waals surface area contributed by atoms with Crippen LogP contribution in [0.2, 0.25) is 0 Å². The van der Waals surface area contributed by atoms with Gasteiger partial charge in [-0.3, -0.25) is 0 Å². The van der Waals surface area contributed by atoms with Crippen LogP contribution in [-0.4, -0.2) is 19.3 Å². The second-order valence-corrected chi connectivity index (χ2v) is 5.63. The third kappa shape index (κ3) is 2.90. The van der Waals surface area contributed by atoms with Gasteiger partial charge in [-0.1, -0.05) is 0 Å². The summed E-state index contributed by atoms with van der Waals surface area (Å²) in [4.78, 5) is 0. The van der Waals surface area contributed by atoms with Gasteiger partial charge in [-0.25, -0.2) is 0 Å². The van der Waals surface area contributed by atoms with Crippen molar-refractivity contribution >= 4 is 0 Å². The molecule has 0 amide bonds. The van der Waals surface area contributed by atoms with Gasteiger partial charge in [0.25, 0.3) is 0 Å². The van der Waals surface area contributed by atoms with Gasteiger partial charge >= 0.3 is 0 Å². The lowest BCUT2D eigenvalue weighted by molar-refractivity contribution is 0.297. The number of ether oxygens (including phenoxy) is 2. The zero-order chi connectivity index (χ0) is 14.1. The first-order valence-corrected chi connectivity index (χ1v) is 7.60. The molecule has 2 heterocycles. The van der Waals surface area contributed by atoms with Crippen molar-refractivity contribution in [1.29, 1.82) is 0 Å². The van der Waals surface area contributed by atoms with Gasteiger partial charge in [0.05, 0.1) is 19.8 Å². The molecular weight excluding hydrogens is 266 g/mol. The Morgan fingerprint density at radius 1 is 1.00 bits per heavy atom. The van der Waals surface area contributed by atoms with Crippen molar-refractivity contribution in [3.8, 4) is 22.8 Å². The zero-order valence-corrected chi connectivity index (χ0v) is 11.9. The SMILES string of the molecule is c1cc2c(cc1-c1ccc(CNC3CC3)o1)OCCCO2. The fourth-order valence-electron chi connectivity index (χ4n) is 2.48. The Morgan fingerprint density at radius 3 is 2.71 bits per heavy atom. The minimum atomic E-state index is 0.691. The van der Waals surface area contributed by atoms with Crippen LogP contribution in [-0.2, 0) is 6.54 Å². The summed E-state index contributed by atoms with van der Waals surface area (Å²) < 4.78 is 17.3. The fourth-order valence-corrected chi connectivity index (χ4v) is 2.48. The molecule has 4 nitrogen and oxygen atoms in total. The van der Waals surface area contributed by atoms with Crippen LogP contribution >= 0.6 is 0 Å². The number of fused-ring (bicyclic) bond motifs is 1. The Morgan fingerprint density at radius 2 is 1.86 bits per heavy atom. The highest BCUT2D eigenvalue weighted by Gasteiger charge is 2.20. The fraction of sp³-hybridized carbons (Fsp3) is 0.412. The number of nitrogens with one attached hydrogen (secondary N) is 1. The summed E-state index contributed by atoms with van der Waals surface area (Å²) >= 11 is 0. The van der Waals surface area contributed by atoms with E-state index in [0.717, 1.165) is 41.5 Å². The van der Waals surface area contributed by atoms with Crippen molar-refractivity contribution in [1.82, 2.24) is 5.32 Å². The van der Waals surface area contributed by atoms with E-state index in [-0.39, 0.29) is 0 Å². The molecule has 1 fully saturated rings. The Hall–Kier alpha value is -1.94. The molecule has 21 heavy (non-hydrogen) atoms. The lowest BCUT2D eigenvalue weighted by Crippen LogP contribution is -2.14. The van der Waals surface area contributed by atoms with Crippen LogP contribution in [0.5, 0.6) is 11.5 Å². The number of hydrogen-bond acceptors (Lipinski definition) is 4. The first kappa shape index (κ1) is 12.8. The first-order chi connectivity index (χ1) is 10.4. The van der Waals surface area contributed by atoms with E-state index in [1.807, 2.05) is 30.3 Å². The van der Waals surface area contributed by atoms with Crippen LogP contribution in [0.15, 0.2) is 34.7 Å². The van der Waals surface area contributed by atoms with Gasteiger partial charge < -0.3 is 19.2 Å². The molecule has 2 aliphatic rings. The predicted molar refractivity (Wildman–Crippen MR) is 79.6 cm³/mol.